The van der Waals surface area contributed by atoms with Gasteiger partial charge in [0.25, 0.3) is 0 Å². The van der Waals surface area contributed by atoms with Gasteiger partial charge in [0.2, 0.25) is 11.8 Å². The lowest BCUT2D eigenvalue weighted by atomic mass is 10.3. The monoisotopic (exact) mass is 158 g/mol. The van der Waals surface area contributed by atoms with Crippen LogP contribution >= 0.6 is 0 Å². The topological polar surface area (TPSA) is 38.1 Å². The number of nitrogens with zero attached hydrogens (tertiary/aromatic N) is 2. The van der Waals surface area contributed by atoms with Crippen LogP contribution in [0.25, 0.3) is 0 Å². The van der Waals surface area contributed by atoms with Crippen LogP contribution in [0.2, 0.25) is 0 Å². The molecule has 0 saturated heterocycles. The Morgan fingerprint density at radius 1 is 1.55 bits per heavy atom. The van der Waals surface area contributed by atoms with E-state index in [1.165, 1.54) is 0 Å². The second-order valence-electron chi connectivity index (χ2n) is 2.26. The van der Waals surface area contributed by atoms with Crippen molar-refractivity contribution in [1.29, 1.82) is 0 Å². The molecule has 1 heterocycles. The molecular weight excluding hydrogens is 147 g/mol. The first-order valence-electron chi connectivity index (χ1n) is 3.64. The van der Waals surface area contributed by atoms with Gasteiger partial charge in [-0.05, 0) is 13.3 Å². The van der Waals surface area contributed by atoms with Crippen molar-refractivity contribution in [2.75, 3.05) is 0 Å². The number of rotatable bonds is 2. The Hall–Kier alpha value is -1.06. The Morgan fingerprint density at radius 2 is 2.18 bits per heavy atom. The van der Waals surface area contributed by atoms with E-state index >= 15 is 0 Å². The zero-order chi connectivity index (χ0) is 8.43. The summed E-state index contributed by atoms with van der Waals surface area (Å²) in [5.41, 5.74) is 0.298. The predicted molar refractivity (Wildman–Crippen MR) is 38.9 cm³/mol. The normalized spacial score (nSPS) is 10.5. The van der Waals surface area contributed by atoms with Gasteiger partial charge >= 0.3 is 0 Å². The number of aryl methyl sites for hydroxylation is 1. The van der Waals surface area contributed by atoms with Gasteiger partial charge in [0.05, 0.1) is 5.56 Å². The maximum atomic E-state index is 13.0. The molecule has 1 aromatic rings. The number of hydrogen-bond donors (Lipinski definition) is 1. The first-order valence-corrected chi connectivity index (χ1v) is 3.64. The van der Waals surface area contributed by atoms with Crippen LogP contribution in [0.4, 0.5) is 4.39 Å². The SMILES string of the molecule is CCc1c(O)nn(CC)c1F. The molecule has 0 aromatic carbocycles. The Balaban J connectivity index is 3.14. The van der Waals surface area contributed by atoms with Gasteiger partial charge in [-0.2, -0.15) is 4.39 Å². The molecule has 1 aromatic heterocycles. The first kappa shape index (κ1) is 8.04. The lowest BCUT2D eigenvalue weighted by Gasteiger charge is -1.93. The summed E-state index contributed by atoms with van der Waals surface area (Å²) >= 11 is 0. The zero-order valence-corrected chi connectivity index (χ0v) is 6.63. The van der Waals surface area contributed by atoms with E-state index < -0.39 is 5.95 Å². The molecule has 62 valence electrons. The molecule has 0 bridgehead atoms. The highest BCUT2D eigenvalue weighted by Gasteiger charge is 2.13. The molecule has 0 aliphatic carbocycles. The standard InChI is InChI=1S/C7H11FN2O/c1-3-5-6(8)10(4-2)9-7(5)11/h3-4H2,1-2H3,(H,9,11). The number of aromatic hydroxyl groups is 1. The van der Waals surface area contributed by atoms with E-state index in [1.807, 2.05) is 0 Å². The van der Waals surface area contributed by atoms with E-state index in [2.05, 4.69) is 5.10 Å². The minimum absolute atomic E-state index is 0.188. The van der Waals surface area contributed by atoms with E-state index in [9.17, 15) is 4.39 Å². The molecular formula is C7H11FN2O. The molecule has 1 rings (SSSR count). The molecule has 0 amide bonds. The van der Waals surface area contributed by atoms with Gasteiger partial charge < -0.3 is 5.11 Å². The second-order valence-corrected chi connectivity index (χ2v) is 2.26. The Bertz CT molecular complexity index is 257. The van der Waals surface area contributed by atoms with Gasteiger partial charge in [0.1, 0.15) is 0 Å². The summed E-state index contributed by atoms with van der Waals surface area (Å²) in [6, 6.07) is 0. The van der Waals surface area contributed by atoms with Crippen molar-refractivity contribution in [3.8, 4) is 5.88 Å². The molecule has 4 heteroatoms. The van der Waals surface area contributed by atoms with Gasteiger partial charge in [0.15, 0.2) is 0 Å². The summed E-state index contributed by atoms with van der Waals surface area (Å²) in [6.07, 6.45) is 0.470. The fourth-order valence-electron chi connectivity index (χ4n) is 0.980. The predicted octanol–water partition coefficient (Wildman–Crippen LogP) is 1.31. The van der Waals surface area contributed by atoms with Crippen molar-refractivity contribution in [1.82, 2.24) is 9.78 Å². The van der Waals surface area contributed by atoms with E-state index in [0.29, 0.717) is 18.5 Å². The highest BCUT2D eigenvalue weighted by atomic mass is 19.1. The molecule has 0 aliphatic rings. The van der Waals surface area contributed by atoms with Crippen molar-refractivity contribution in [3.63, 3.8) is 0 Å². The lowest BCUT2D eigenvalue weighted by Crippen LogP contribution is -2.00. The smallest absolute Gasteiger partial charge is 0.236 e. The summed E-state index contributed by atoms with van der Waals surface area (Å²) in [5, 5.41) is 12.7. The van der Waals surface area contributed by atoms with Gasteiger partial charge in [-0.1, -0.05) is 6.92 Å². The molecule has 0 aliphatic heterocycles. The summed E-state index contributed by atoms with van der Waals surface area (Å²) < 4.78 is 14.2. The number of hydrogen-bond acceptors (Lipinski definition) is 2. The molecule has 0 atom stereocenters. The van der Waals surface area contributed by atoms with Gasteiger partial charge in [-0.3, -0.25) is 0 Å². The van der Waals surface area contributed by atoms with Crippen LogP contribution in [0, 0.1) is 5.95 Å². The maximum Gasteiger partial charge on any atom is 0.236 e. The largest absolute Gasteiger partial charge is 0.492 e. The fraction of sp³-hybridized carbons (Fsp3) is 0.571. The van der Waals surface area contributed by atoms with Crippen molar-refractivity contribution >= 4 is 0 Å². The Morgan fingerprint density at radius 3 is 2.45 bits per heavy atom. The molecule has 0 fully saturated rings. The quantitative estimate of drug-likeness (QED) is 0.704. The Labute approximate surface area is 64.5 Å². The lowest BCUT2D eigenvalue weighted by molar-refractivity contribution is 0.427. The fourth-order valence-corrected chi connectivity index (χ4v) is 0.980. The zero-order valence-electron chi connectivity index (χ0n) is 6.63. The number of halogens is 1. The van der Waals surface area contributed by atoms with Crippen LogP contribution in [0.1, 0.15) is 19.4 Å². The molecule has 1 N–H and O–H groups in total. The average molecular weight is 158 g/mol. The second kappa shape index (κ2) is 2.90. The highest BCUT2D eigenvalue weighted by Crippen LogP contribution is 2.18. The van der Waals surface area contributed by atoms with E-state index in [4.69, 9.17) is 5.11 Å². The van der Waals surface area contributed by atoms with Crippen molar-refractivity contribution in [2.24, 2.45) is 0 Å². The third-order valence-electron chi connectivity index (χ3n) is 1.61. The van der Waals surface area contributed by atoms with E-state index in [-0.39, 0.29) is 5.88 Å². The van der Waals surface area contributed by atoms with Crippen LogP contribution in [0.15, 0.2) is 0 Å². The summed E-state index contributed by atoms with van der Waals surface area (Å²) in [4.78, 5) is 0. The summed E-state index contributed by atoms with van der Waals surface area (Å²) in [5.74, 6) is -0.612. The summed E-state index contributed by atoms with van der Waals surface area (Å²) in [6.45, 7) is 3.99. The van der Waals surface area contributed by atoms with Crippen LogP contribution in [-0.4, -0.2) is 14.9 Å². The molecule has 0 unspecified atom stereocenters. The molecule has 0 radical (unpaired) electrons. The first-order chi connectivity index (χ1) is 5.20. The van der Waals surface area contributed by atoms with Crippen LogP contribution in [0.5, 0.6) is 5.88 Å². The molecule has 3 nitrogen and oxygen atoms in total. The number of aromatic nitrogens is 2. The minimum atomic E-state index is -0.424. The molecule has 11 heavy (non-hydrogen) atoms. The molecule has 0 saturated carbocycles. The van der Waals surface area contributed by atoms with E-state index in [1.54, 1.807) is 13.8 Å². The van der Waals surface area contributed by atoms with Gasteiger partial charge in [-0.15, -0.1) is 5.10 Å². The van der Waals surface area contributed by atoms with E-state index in [0.717, 1.165) is 4.68 Å². The van der Waals surface area contributed by atoms with Crippen molar-refractivity contribution in [3.05, 3.63) is 11.5 Å². The van der Waals surface area contributed by atoms with Crippen molar-refractivity contribution in [2.45, 2.75) is 26.8 Å². The van der Waals surface area contributed by atoms with Crippen LogP contribution < -0.4 is 0 Å². The maximum absolute atomic E-state index is 13.0. The van der Waals surface area contributed by atoms with Gasteiger partial charge in [0, 0.05) is 6.54 Å². The van der Waals surface area contributed by atoms with Crippen LogP contribution in [0.3, 0.4) is 0 Å². The minimum Gasteiger partial charge on any atom is -0.492 e. The van der Waals surface area contributed by atoms with Crippen LogP contribution in [-0.2, 0) is 13.0 Å². The third kappa shape index (κ3) is 1.20. The molecule has 0 spiro atoms. The highest BCUT2D eigenvalue weighted by molar-refractivity contribution is 5.22. The average Bonchev–Trinajstić information content (AvgIpc) is 2.26. The summed E-state index contributed by atoms with van der Waals surface area (Å²) in [7, 11) is 0. The van der Waals surface area contributed by atoms with Gasteiger partial charge in [-0.25, -0.2) is 4.68 Å². The Kier molecular flexibility index (Phi) is 2.12. The van der Waals surface area contributed by atoms with Crippen molar-refractivity contribution < 1.29 is 9.50 Å². The third-order valence-corrected chi connectivity index (χ3v) is 1.61.